The van der Waals surface area contributed by atoms with Gasteiger partial charge in [0, 0.05) is 6.54 Å². The molecule has 1 heterocycles. The molecule has 0 atom stereocenters. The Balaban J connectivity index is 1.46. The van der Waals surface area contributed by atoms with Crippen LogP contribution in [0.5, 0.6) is 0 Å². The lowest BCUT2D eigenvalue weighted by atomic mass is 9.53. The van der Waals surface area contributed by atoms with Gasteiger partial charge < -0.3 is 0 Å². The molecule has 0 unspecified atom stereocenters. The average molecular weight is 410 g/mol. The van der Waals surface area contributed by atoms with E-state index in [1.807, 2.05) is 0 Å². The highest BCUT2D eigenvalue weighted by atomic mass is 19.4. The van der Waals surface area contributed by atoms with E-state index in [0.29, 0.717) is 17.9 Å². The summed E-state index contributed by atoms with van der Waals surface area (Å²) in [6, 6.07) is 2.91. The zero-order valence-electron chi connectivity index (χ0n) is 16.7. The fourth-order valence-electron chi connectivity index (χ4n) is 6.70. The number of nitrogens with zero attached hydrogens (tertiary/aromatic N) is 2. The van der Waals surface area contributed by atoms with Gasteiger partial charge in [0.25, 0.3) is 5.91 Å². The normalized spacial score (nSPS) is 35.9. The lowest BCUT2D eigenvalue weighted by Gasteiger charge is -2.65. The Hall–Kier alpha value is -1.63. The van der Waals surface area contributed by atoms with Crippen LogP contribution >= 0.6 is 0 Å². The molecule has 1 amide bonds. The molecular weight excluding hydrogens is 384 g/mol. The Morgan fingerprint density at radius 1 is 1.03 bits per heavy atom. The maximum atomic E-state index is 13.5. The van der Waals surface area contributed by atoms with Crippen molar-refractivity contribution in [3.8, 4) is 0 Å². The van der Waals surface area contributed by atoms with Crippen molar-refractivity contribution in [3.63, 3.8) is 0 Å². The third kappa shape index (κ3) is 2.91. The first-order valence-electron chi connectivity index (χ1n) is 10.5. The maximum absolute atomic E-state index is 13.5. The number of hydrogen-bond acceptors (Lipinski definition) is 2. The summed E-state index contributed by atoms with van der Waals surface area (Å²) in [5.41, 5.74) is -1.81. The number of hydrazine groups is 1. The van der Waals surface area contributed by atoms with E-state index in [2.05, 4.69) is 0 Å². The number of carbonyl (C=O) groups excluding carboxylic acids is 1. The molecule has 0 radical (unpaired) electrons. The highest BCUT2D eigenvalue weighted by Gasteiger charge is 2.61. The Kier molecular flexibility index (Phi) is 4.13. The molecule has 3 nitrogen and oxygen atoms in total. The zero-order valence-corrected chi connectivity index (χ0v) is 16.7. The molecule has 1 aliphatic heterocycles. The summed E-state index contributed by atoms with van der Waals surface area (Å²) in [5.74, 6) is 1.48. The first-order chi connectivity index (χ1) is 13.6. The minimum atomic E-state index is -4.64. The van der Waals surface area contributed by atoms with Crippen molar-refractivity contribution in [2.24, 2.45) is 23.7 Å². The SMILES string of the molecule is CC1(C)C(=O)N(C2C3CC4CC(C3)CC2C4)N1Cc1ccc(F)cc1C(F)(F)F. The molecule has 158 valence electrons. The Morgan fingerprint density at radius 2 is 1.62 bits per heavy atom. The third-order valence-corrected chi connectivity index (χ3v) is 7.79. The summed E-state index contributed by atoms with van der Waals surface area (Å²) < 4.78 is 54.0. The van der Waals surface area contributed by atoms with E-state index in [-0.39, 0.29) is 24.1 Å². The van der Waals surface area contributed by atoms with Gasteiger partial charge in [-0.2, -0.15) is 18.2 Å². The predicted molar refractivity (Wildman–Crippen MR) is 98.7 cm³/mol. The summed E-state index contributed by atoms with van der Waals surface area (Å²) in [7, 11) is 0. The molecule has 7 heteroatoms. The third-order valence-electron chi connectivity index (χ3n) is 7.79. The van der Waals surface area contributed by atoms with Crippen LogP contribution in [0.3, 0.4) is 0 Å². The Bertz CT molecular complexity index is 822. The van der Waals surface area contributed by atoms with Crippen LogP contribution in [0, 0.1) is 29.5 Å². The zero-order chi connectivity index (χ0) is 20.7. The fraction of sp³-hybridized carbons (Fsp3) is 0.682. The molecule has 0 aromatic heterocycles. The van der Waals surface area contributed by atoms with E-state index in [0.717, 1.165) is 43.6 Å². The van der Waals surface area contributed by atoms with Crippen molar-refractivity contribution < 1.29 is 22.4 Å². The van der Waals surface area contributed by atoms with Gasteiger partial charge in [-0.3, -0.25) is 9.80 Å². The van der Waals surface area contributed by atoms with Crippen LogP contribution in [0.4, 0.5) is 17.6 Å². The van der Waals surface area contributed by atoms with Gasteiger partial charge in [-0.15, -0.1) is 0 Å². The number of amides is 1. The molecule has 29 heavy (non-hydrogen) atoms. The monoisotopic (exact) mass is 410 g/mol. The van der Waals surface area contributed by atoms with Gasteiger partial charge in [0.1, 0.15) is 11.4 Å². The lowest BCUT2D eigenvalue weighted by molar-refractivity contribution is -0.252. The number of alkyl halides is 3. The van der Waals surface area contributed by atoms with Crippen LogP contribution in [-0.2, 0) is 17.5 Å². The molecular formula is C22H26F4N2O. The standard InChI is InChI=1S/C22H26F4N2O/c1-21(2)20(29)28(19-15-6-12-5-13(8-15)9-16(19)7-12)27(21)11-14-3-4-17(23)10-18(14)22(24,25)26/h3-4,10,12-13,15-16,19H,5-9,11H2,1-2H3. The molecule has 5 fully saturated rings. The quantitative estimate of drug-likeness (QED) is 0.655. The van der Waals surface area contributed by atoms with Crippen molar-refractivity contribution in [2.45, 2.75) is 70.3 Å². The molecule has 6 rings (SSSR count). The Labute approximate surface area is 168 Å². The predicted octanol–water partition coefficient (Wildman–Crippen LogP) is 5.01. The molecule has 5 aliphatic rings. The molecule has 1 saturated heterocycles. The average Bonchev–Trinajstić information content (AvgIpc) is 2.62. The van der Waals surface area contributed by atoms with Gasteiger partial charge in [-0.1, -0.05) is 6.07 Å². The maximum Gasteiger partial charge on any atom is 0.416 e. The van der Waals surface area contributed by atoms with Crippen LogP contribution in [0.25, 0.3) is 0 Å². The van der Waals surface area contributed by atoms with Crippen molar-refractivity contribution >= 4 is 5.91 Å². The highest BCUT2D eigenvalue weighted by molar-refractivity contribution is 5.90. The molecule has 4 bridgehead atoms. The second kappa shape index (κ2) is 6.19. The van der Waals surface area contributed by atoms with E-state index in [1.165, 1.54) is 12.5 Å². The Morgan fingerprint density at radius 3 is 2.17 bits per heavy atom. The van der Waals surface area contributed by atoms with Gasteiger partial charge in [0.05, 0.1) is 11.6 Å². The van der Waals surface area contributed by atoms with Crippen LogP contribution in [0.15, 0.2) is 18.2 Å². The molecule has 0 spiro atoms. The van der Waals surface area contributed by atoms with Gasteiger partial charge in [-0.25, -0.2) is 4.39 Å². The minimum absolute atomic E-state index is 0.00768. The molecule has 0 N–H and O–H groups in total. The van der Waals surface area contributed by atoms with E-state index in [4.69, 9.17) is 0 Å². The molecule has 1 aromatic carbocycles. The number of rotatable bonds is 3. The summed E-state index contributed by atoms with van der Waals surface area (Å²) >= 11 is 0. The number of halogens is 4. The van der Waals surface area contributed by atoms with E-state index in [1.54, 1.807) is 23.9 Å². The highest BCUT2D eigenvalue weighted by Crippen LogP contribution is 2.57. The van der Waals surface area contributed by atoms with Crippen molar-refractivity contribution in [1.82, 2.24) is 10.0 Å². The van der Waals surface area contributed by atoms with Crippen molar-refractivity contribution in [3.05, 3.63) is 35.1 Å². The van der Waals surface area contributed by atoms with Crippen molar-refractivity contribution in [2.75, 3.05) is 0 Å². The van der Waals surface area contributed by atoms with Crippen LogP contribution in [-0.4, -0.2) is 27.5 Å². The van der Waals surface area contributed by atoms with Gasteiger partial charge in [0.2, 0.25) is 0 Å². The van der Waals surface area contributed by atoms with Gasteiger partial charge >= 0.3 is 6.18 Å². The summed E-state index contributed by atoms with van der Waals surface area (Å²) in [6.45, 7) is 3.48. The van der Waals surface area contributed by atoms with Crippen LogP contribution in [0.1, 0.15) is 57.1 Å². The second-order valence-corrected chi connectivity index (χ2v) is 9.99. The molecule has 1 aromatic rings. The first-order valence-corrected chi connectivity index (χ1v) is 10.5. The smallest absolute Gasteiger partial charge is 0.271 e. The molecule has 4 aliphatic carbocycles. The molecule has 4 saturated carbocycles. The summed E-state index contributed by atoms with van der Waals surface area (Å²) in [5, 5.41) is 3.57. The summed E-state index contributed by atoms with van der Waals surface area (Å²) in [4.78, 5) is 13.0. The van der Waals surface area contributed by atoms with E-state index in [9.17, 15) is 22.4 Å². The van der Waals surface area contributed by atoms with E-state index < -0.39 is 23.1 Å². The van der Waals surface area contributed by atoms with Crippen LogP contribution < -0.4 is 0 Å². The van der Waals surface area contributed by atoms with Gasteiger partial charge in [-0.05, 0) is 87.3 Å². The number of benzene rings is 1. The number of carbonyl (C=O) groups is 1. The topological polar surface area (TPSA) is 23.6 Å². The number of hydrogen-bond donors (Lipinski definition) is 0. The van der Waals surface area contributed by atoms with Crippen LogP contribution in [0.2, 0.25) is 0 Å². The van der Waals surface area contributed by atoms with E-state index >= 15 is 0 Å². The lowest BCUT2D eigenvalue weighted by Crippen LogP contribution is -2.79. The minimum Gasteiger partial charge on any atom is -0.271 e. The largest absolute Gasteiger partial charge is 0.416 e. The van der Waals surface area contributed by atoms with Crippen molar-refractivity contribution in [1.29, 1.82) is 0 Å². The second-order valence-electron chi connectivity index (χ2n) is 9.99. The summed E-state index contributed by atoms with van der Waals surface area (Å²) in [6.07, 6.45) is 1.16. The first kappa shape index (κ1) is 19.3. The fourth-order valence-corrected chi connectivity index (χ4v) is 6.70. The van der Waals surface area contributed by atoms with Gasteiger partial charge in [0.15, 0.2) is 0 Å².